The van der Waals surface area contributed by atoms with Gasteiger partial charge in [0, 0.05) is 19.2 Å². The van der Waals surface area contributed by atoms with Gasteiger partial charge in [-0.25, -0.2) is 0 Å². The van der Waals surface area contributed by atoms with Crippen molar-refractivity contribution >= 4 is 17.5 Å². The number of aryl methyl sites for hydroxylation is 1. The number of aromatic nitrogens is 1. The first kappa shape index (κ1) is 16.8. The third-order valence-corrected chi connectivity index (χ3v) is 4.74. The molecule has 4 nitrogen and oxygen atoms in total. The van der Waals surface area contributed by atoms with Crippen molar-refractivity contribution in [3.8, 4) is 5.75 Å². The predicted molar refractivity (Wildman–Crippen MR) is 94.3 cm³/mol. The van der Waals surface area contributed by atoms with Crippen LogP contribution in [0.25, 0.3) is 0 Å². The van der Waals surface area contributed by atoms with E-state index in [1.54, 1.807) is 13.3 Å². The van der Waals surface area contributed by atoms with Crippen LogP contribution in [0.3, 0.4) is 0 Å². The van der Waals surface area contributed by atoms with Crippen LogP contribution in [0.1, 0.15) is 36.6 Å². The highest BCUT2D eigenvalue weighted by atomic mass is 35.5. The number of nitrogens with zero attached hydrogens (tertiary/aromatic N) is 2. The van der Waals surface area contributed by atoms with Gasteiger partial charge in [-0.1, -0.05) is 23.7 Å². The van der Waals surface area contributed by atoms with Crippen molar-refractivity contribution in [3.05, 3.63) is 58.9 Å². The van der Waals surface area contributed by atoms with Gasteiger partial charge in [0.05, 0.1) is 23.9 Å². The first-order chi connectivity index (χ1) is 11.7. The van der Waals surface area contributed by atoms with E-state index in [0.29, 0.717) is 23.6 Å². The molecule has 1 atom stereocenters. The molecule has 1 aliphatic rings. The highest BCUT2D eigenvalue weighted by molar-refractivity contribution is 6.32. The number of benzene rings is 1. The minimum atomic E-state index is 0.109. The molecule has 0 N–H and O–H groups in total. The van der Waals surface area contributed by atoms with E-state index in [2.05, 4.69) is 4.98 Å². The maximum atomic E-state index is 12.7. The SMILES string of the molecule is COc1ccc(CCC(=O)N2CCC[C@@H]2c2ccccn2)cc1Cl. The molecule has 0 unspecified atom stereocenters. The smallest absolute Gasteiger partial charge is 0.223 e. The Morgan fingerprint density at radius 1 is 1.38 bits per heavy atom. The van der Waals surface area contributed by atoms with Crippen LogP contribution in [0, 0.1) is 0 Å². The van der Waals surface area contributed by atoms with Gasteiger partial charge in [-0.3, -0.25) is 9.78 Å². The molecule has 2 aromatic rings. The molecule has 0 bridgehead atoms. The van der Waals surface area contributed by atoms with Gasteiger partial charge in [0.2, 0.25) is 5.91 Å². The Morgan fingerprint density at radius 3 is 2.96 bits per heavy atom. The number of carbonyl (C=O) groups excluding carboxylic acids is 1. The van der Waals surface area contributed by atoms with E-state index in [1.165, 1.54) is 0 Å². The summed E-state index contributed by atoms with van der Waals surface area (Å²) < 4.78 is 5.16. The van der Waals surface area contributed by atoms with Crippen molar-refractivity contribution in [1.82, 2.24) is 9.88 Å². The number of carbonyl (C=O) groups is 1. The first-order valence-electron chi connectivity index (χ1n) is 8.22. The second-order valence-electron chi connectivity index (χ2n) is 5.97. The zero-order chi connectivity index (χ0) is 16.9. The molecule has 1 aliphatic heterocycles. The quantitative estimate of drug-likeness (QED) is 0.822. The van der Waals surface area contributed by atoms with Crippen molar-refractivity contribution in [2.75, 3.05) is 13.7 Å². The normalized spacial score (nSPS) is 17.1. The lowest BCUT2D eigenvalue weighted by atomic mass is 10.1. The summed E-state index contributed by atoms with van der Waals surface area (Å²) in [4.78, 5) is 19.0. The van der Waals surface area contributed by atoms with E-state index < -0.39 is 0 Å². The molecule has 1 aromatic carbocycles. The van der Waals surface area contributed by atoms with Gasteiger partial charge in [0.25, 0.3) is 0 Å². The number of hydrogen-bond acceptors (Lipinski definition) is 3. The first-order valence-corrected chi connectivity index (χ1v) is 8.59. The minimum absolute atomic E-state index is 0.109. The number of pyridine rings is 1. The Morgan fingerprint density at radius 2 is 2.25 bits per heavy atom. The zero-order valence-electron chi connectivity index (χ0n) is 13.7. The average Bonchev–Trinajstić information content (AvgIpc) is 3.10. The molecular formula is C19H21ClN2O2. The molecule has 1 amide bonds. The van der Waals surface area contributed by atoms with Crippen LogP contribution in [0.4, 0.5) is 0 Å². The summed E-state index contributed by atoms with van der Waals surface area (Å²) in [7, 11) is 1.59. The van der Waals surface area contributed by atoms with Crippen LogP contribution in [0.5, 0.6) is 5.75 Å². The number of amides is 1. The van der Waals surface area contributed by atoms with E-state index in [-0.39, 0.29) is 11.9 Å². The molecule has 0 spiro atoms. The van der Waals surface area contributed by atoms with Crippen LogP contribution < -0.4 is 4.74 Å². The Kier molecular flexibility index (Phi) is 5.36. The number of rotatable bonds is 5. The number of hydrogen-bond donors (Lipinski definition) is 0. The van der Waals surface area contributed by atoms with Crippen molar-refractivity contribution in [1.29, 1.82) is 0 Å². The van der Waals surface area contributed by atoms with E-state index >= 15 is 0 Å². The van der Waals surface area contributed by atoms with Crippen LogP contribution in [0.15, 0.2) is 42.6 Å². The Labute approximate surface area is 147 Å². The Balaban J connectivity index is 1.63. The van der Waals surface area contributed by atoms with Crippen LogP contribution in [0.2, 0.25) is 5.02 Å². The number of methoxy groups -OCH3 is 1. The van der Waals surface area contributed by atoms with Crippen molar-refractivity contribution in [2.45, 2.75) is 31.7 Å². The van der Waals surface area contributed by atoms with Gasteiger partial charge >= 0.3 is 0 Å². The fraction of sp³-hybridized carbons (Fsp3) is 0.368. The lowest BCUT2D eigenvalue weighted by Gasteiger charge is -2.24. The third-order valence-electron chi connectivity index (χ3n) is 4.45. The summed E-state index contributed by atoms with van der Waals surface area (Å²) in [6.07, 6.45) is 4.95. The largest absolute Gasteiger partial charge is 0.495 e. The third kappa shape index (κ3) is 3.70. The van der Waals surface area contributed by atoms with Crippen molar-refractivity contribution in [3.63, 3.8) is 0 Å². The molecular weight excluding hydrogens is 324 g/mol. The summed E-state index contributed by atoms with van der Waals surface area (Å²) in [5.41, 5.74) is 2.03. The maximum Gasteiger partial charge on any atom is 0.223 e. The summed E-state index contributed by atoms with van der Waals surface area (Å²) in [6.45, 7) is 0.809. The van der Waals surface area contributed by atoms with E-state index in [0.717, 1.165) is 30.6 Å². The highest BCUT2D eigenvalue weighted by Crippen LogP contribution is 2.31. The number of ether oxygens (including phenoxy) is 1. The van der Waals surface area contributed by atoms with Gasteiger partial charge in [-0.2, -0.15) is 0 Å². The fourth-order valence-electron chi connectivity index (χ4n) is 3.21. The van der Waals surface area contributed by atoms with Crippen molar-refractivity contribution < 1.29 is 9.53 Å². The molecule has 1 aromatic heterocycles. The Bertz CT molecular complexity index is 706. The maximum absolute atomic E-state index is 12.7. The number of halogens is 1. The molecule has 5 heteroatoms. The van der Waals surface area contributed by atoms with Crippen LogP contribution in [-0.2, 0) is 11.2 Å². The van der Waals surface area contributed by atoms with Crippen LogP contribution in [-0.4, -0.2) is 29.4 Å². The minimum Gasteiger partial charge on any atom is -0.495 e. The molecule has 24 heavy (non-hydrogen) atoms. The Hall–Kier alpha value is -2.07. The van der Waals surface area contributed by atoms with Gasteiger partial charge < -0.3 is 9.64 Å². The van der Waals surface area contributed by atoms with Gasteiger partial charge in [0.15, 0.2) is 0 Å². The predicted octanol–water partition coefficient (Wildman–Crippen LogP) is 4.04. The molecule has 0 aliphatic carbocycles. The molecule has 1 saturated heterocycles. The topological polar surface area (TPSA) is 42.4 Å². The summed E-state index contributed by atoms with van der Waals surface area (Å²) >= 11 is 6.15. The molecule has 0 saturated carbocycles. The summed E-state index contributed by atoms with van der Waals surface area (Å²) in [6, 6.07) is 11.7. The summed E-state index contributed by atoms with van der Waals surface area (Å²) in [5.74, 6) is 0.830. The second kappa shape index (κ2) is 7.67. The zero-order valence-corrected chi connectivity index (χ0v) is 14.5. The fourth-order valence-corrected chi connectivity index (χ4v) is 3.49. The lowest BCUT2D eigenvalue weighted by Crippen LogP contribution is -2.31. The molecule has 3 rings (SSSR count). The van der Waals surface area contributed by atoms with E-state index in [4.69, 9.17) is 16.3 Å². The standard InChI is InChI=1S/C19H21ClN2O2/c1-24-18-9-7-14(13-15(18)20)8-10-19(23)22-12-4-6-17(22)16-5-2-3-11-21-16/h2-3,5,7,9,11,13,17H,4,6,8,10,12H2,1H3/t17-/m1/s1. The molecule has 2 heterocycles. The van der Waals surface area contributed by atoms with Gasteiger partial charge in [-0.15, -0.1) is 0 Å². The van der Waals surface area contributed by atoms with Gasteiger partial charge in [0.1, 0.15) is 5.75 Å². The monoisotopic (exact) mass is 344 g/mol. The highest BCUT2D eigenvalue weighted by Gasteiger charge is 2.30. The average molecular weight is 345 g/mol. The lowest BCUT2D eigenvalue weighted by molar-refractivity contribution is -0.132. The summed E-state index contributed by atoms with van der Waals surface area (Å²) in [5, 5.41) is 0.579. The van der Waals surface area contributed by atoms with E-state index in [1.807, 2.05) is 41.3 Å². The molecule has 126 valence electrons. The molecule has 1 fully saturated rings. The molecule has 0 radical (unpaired) electrons. The van der Waals surface area contributed by atoms with Gasteiger partial charge in [-0.05, 0) is 49.1 Å². The van der Waals surface area contributed by atoms with E-state index in [9.17, 15) is 4.79 Å². The number of likely N-dealkylation sites (tertiary alicyclic amines) is 1. The van der Waals surface area contributed by atoms with Crippen molar-refractivity contribution in [2.24, 2.45) is 0 Å². The van der Waals surface area contributed by atoms with Crippen LogP contribution >= 0.6 is 11.6 Å². The second-order valence-corrected chi connectivity index (χ2v) is 6.38.